The number of benzene rings is 1. The van der Waals surface area contributed by atoms with Gasteiger partial charge in [-0.25, -0.2) is 14.8 Å². The number of methoxy groups -OCH3 is 1. The summed E-state index contributed by atoms with van der Waals surface area (Å²) in [6.45, 7) is 10.6. The van der Waals surface area contributed by atoms with Crippen LogP contribution in [0.15, 0.2) is 57.8 Å². The number of carboxylic acids is 2. The van der Waals surface area contributed by atoms with Gasteiger partial charge in [0, 0.05) is 79.0 Å². The molecule has 0 spiro atoms. The number of ether oxygens (including phenoxy) is 2. The Morgan fingerprint density at radius 2 is 1.63 bits per heavy atom. The van der Waals surface area contributed by atoms with Crippen LogP contribution in [0.3, 0.4) is 0 Å². The highest BCUT2D eigenvalue weighted by Crippen LogP contribution is 2.56. The molecule has 0 bridgehead atoms. The monoisotopic (exact) mass is 1300 g/mol. The summed E-state index contributed by atoms with van der Waals surface area (Å²) in [5.41, 5.74) is 8.90. The molecule has 492 valence electrons. The lowest BCUT2D eigenvalue weighted by molar-refractivity contribution is -0.156. The number of aromatic amines is 1. The zero-order valence-corrected chi connectivity index (χ0v) is 53.0. The van der Waals surface area contributed by atoms with Crippen LogP contribution in [0.2, 0.25) is 0 Å². The molecule has 0 saturated carbocycles. The number of hydrogen-bond acceptors (Lipinski definition) is 25. The summed E-state index contributed by atoms with van der Waals surface area (Å²) in [6.07, 6.45) is 1.26. The van der Waals surface area contributed by atoms with Gasteiger partial charge in [0.25, 0.3) is 11.5 Å². The van der Waals surface area contributed by atoms with Crippen molar-refractivity contribution in [1.29, 1.82) is 5.41 Å². The van der Waals surface area contributed by atoms with Crippen LogP contribution in [-0.2, 0) is 59.2 Å². The van der Waals surface area contributed by atoms with E-state index in [9.17, 15) is 57.8 Å². The Labute approximate surface area is 529 Å². The van der Waals surface area contributed by atoms with E-state index in [1.54, 1.807) is 19.1 Å². The van der Waals surface area contributed by atoms with Gasteiger partial charge in [0.15, 0.2) is 28.6 Å². The third kappa shape index (κ3) is 17.0. The average Bonchev–Trinajstić information content (AvgIpc) is 1.50. The maximum atomic E-state index is 14.6. The number of ketones is 3. The number of nitrogens with zero attached hydrogens (tertiary/aromatic N) is 4. The predicted molar refractivity (Wildman–Crippen MR) is 333 cm³/mol. The number of Topliss-reactive ketones (excluding diaryl/α,β-unsaturated/α-hetero) is 3. The minimum atomic E-state index is -1.54. The SMILES string of the molecule is CO[C@@]12[C@H](COC(C)=O)C3=C(C(=O)C(C)=C(NC(C)(C)CCSSC[C@H](NC(=O)C(CCCNC(=N)N)NC(C)(C)C(=O)CC[C@H](NC(=O)c4ccc(NCc5cnc6nc(N)[nH]c(=O)c6n5)cc4)C(=O)O)C(=O)N[C@@H](C)C(=O)NCC(=O)O)C3=O)N1C[C@@H]1N[C@@H]12. The van der Waals surface area contributed by atoms with Crippen LogP contribution >= 0.6 is 21.6 Å². The lowest BCUT2D eigenvalue weighted by Gasteiger charge is -2.39. The minimum Gasteiger partial charge on any atom is -0.480 e. The molecule has 3 aliphatic heterocycles. The molecule has 91 heavy (non-hydrogen) atoms. The van der Waals surface area contributed by atoms with Crippen LogP contribution in [-0.4, -0.2) is 198 Å². The van der Waals surface area contributed by atoms with Gasteiger partial charge in [-0.3, -0.25) is 63.7 Å². The molecule has 4 aliphatic rings. The van der Waals surface area contributed by atoms with E-state index >= 15 is 0 Å². The second kappa shape index (κ2) is 29.5. The standard InChI is InChI=1S/C57H77N17O15S2/c1-26-40(44(80)39-32(24-89-28(3)75)57(88-8)45-35(67-45)23-74(57)42(39)43(26)79)73-55(4,5)17-19-90-91-25-36(50(84)65-27(2)47(81)64-22-38(77)78)69-49(83)33(10-9-18-61-53(58)59)72-56(6,7)37(76)16-15-34(52(86)87)68-48(82)29-11-13-30(14-12-29)62-20-31-21-63-46-41(66-31)51(85)71-54(60)70-46/h11-14,21,27,32-36,45,62,67,72-73H,9-10,15-20,22-25H2,1-8H3,(H,64,81)(H,65,84)(H,68,82)(H,69,83)(H,77,78)(H,86,87)(H4,58,59,61)(H3,60,63,70,71,85)/t27-,32+,33?,34-,35-,36-,45-,57+/m0/s1. The molecule has 0 radical (unpaired) electrons. The van der Waals surface area contributed by atoms with Crippen molar-refractivity contribution in [2.24, 2.45) is 11.7 Å². The first-order valence-corrected chi connectivity index (χ1v) is 31.5. The van der Waals surface area contributed by atoms with Gasteiger partial charge in [-0.1, -0.05) is 21.6 Å². The molecule has 2 aromatic heterocycles. The molecule has 2 fully saturated rings. The highest BCUT2D eigenvalue weighted by molar-refractivity contribution is 8.76. The van der Waals surface area contributed by atoms with Gasteiger partial charge < -0.3 is 78.6 Å². The molecule has 7 rings (SSSR count). The lowest BCUT2D eigenvalue weighted by atomic mass is 9.82. The van der Waals surface area contributed by atoms with E-state index in [0.29, 0.717) is 30.1 Å². The van der Waals surface area contributed by atoms with Crippen molar-refractivity contribution in [1.82, 2.24) is 67.4 Å². The number of aliphatic carboxylic acids is 2. The highest BCUT2D eigenvalue weighted by atomic mass is 33.1. The average molecular weight is 1300 g/mol. The highest BCUT2D eigenvalue weighted by Gasteiger charge is 2.73. The van der Waals surface area contributed by atoms with Gasteiger partial charge in [-0.2, -0.15) is 4.98 Å². The van der Waals surface area contributed by atoms with Gasteiger partial charge in [0.2, 0.25) is 35.2 Å². The zero-order valence-electron chi connectivity index (χ0n) is 51.4. The van der Waals surface area contributed by atoms with Crippen LogP contribution in [0.5, 0.6) is 0 Å². The topological polar surface area (TPSA) is 498 Å². The Bertz CT molecular complexity index is 3510. The van der Waals surface area contributed by atoms with Gasteiger partial charge >= 0.3 is 17.9 Å². The molecule has 2 saturated heterocycles. The number of carbonyl (C=O) groups excluding carboxylic acids is 8. The molecule has 1 aliphatic carbocycles. The summed E-state index contributed by atoms with van der Waals surface area (Å²) >= 11 is 0. The molecule has 32 nitrogen and oxygen atoms in total. The summed E-state index contributed by atoms with van der Waals surface area (Å²) in [5, 5.41) is 52.2. The van der Waals surface area contributed by atoms with Crippen LogP contribution in [0.1, 0.15) is 96.6 Å². The fraction of sp³-hybridized carbons (Fsp3) is 0.526. The van der Waals surface area contributed by atoms with E-state index in [4.69, 9.17) is 31.5 Å². The maximum absolute atomic E-state index is 14.6. The lowest BCUT2D eigenvalue weighted by Crippen LogP contribution is -2.60. The number of nitrogens with one attached hydrogen (secondary N) is 11. The summed E-state index contributed by atoms with van der Waals surface area (Å²) in [7, 11) is 4.00. The van der Waals surface area contributed by atoms with Crippen molar-refractivity contribution in [2.75, 3.05) is 55.9 Å². The molecular weight excluding hydrogens is 1230 g/mol. The van der Waals surface area contributed by atoms with Crippen molar-refractivity contribution < 1.29 is 67.6 Å². The van der Waals surface area contributed by atoms with E-state index in [0.717, 1.165) is 0 Å². The quantitative estimate of drug-likeness (QED) is 0.00625. The normalized spacial score (nSPS) is 19.6. The number of H-pyrrole nitrogens is 1. The number of amides is 4. The Hall–Kier alpha value is -8.73. The maximum Gasteiger partial charge on any atom is 0.326 e. The van der Waals surface area contributed by atoms with Crippen molar-refractivity contribution in [2.45, 2.75) is 140 Å². The first-order valence-electron chi connectivity index (χ1n) is 29.0. The number of rotatable bonds is 34. The third-order valence-corrected chi connectivity index (χ3v) is 18.2. The Kier molecular flexibility index (Phi) is 22.6. The number of nitrogen functional groups attached to an aromatic ring is 1. The number of esters is 1. The van der Waals surface area contributed by atoms with Crippen molar-refractivity contribution in [3.05, 3.63) is 74.6 Å². The Morgan fingerprint density at radius 3 is 2.29 bits per heavy atom. The first-order chi connectivity index (χ1) is 42.9. The molecule has 3 aromatic rings. The Balaban J connectivity index is 0.972. The predicted octanol–water partition coefficient (Wildman–Crippen LogP) is -1.36. The van der Waals surface area contributed by atoms with Crippen molar-refractivity contribution in [3.8, 4) is 0 Å². The summed E-state index contributed by atoms with van der Waals surface area (Å²) < 4.78 is 11.6. The smallest absolute Gasteiger partial charge is 0.326 e. The minimum absolute atomic E-state index is 0.00269. The number of carbonyl (C=O) groups is 10. The summed E-state index contributed by atoms with van der Waals surface area (Å²) in [6, 6.07) is 0.487. The number of nitrogens with two attached hydrogens (primary N) is 2. The van der Waals surface area contributed by atoms with Crippen molar-refractivity contribution >= 4 is 109 Å². The van der Waals surface area contributed by atoms with E-state index in [1.165, 1.54) is 74.7 Å². The molecule has 1 aromatic carbocycles. The fourth-order valence-corrected chi connectivity index (χ4v) is 13.4. The number of carboxylic acid groups (broad SMARTS) is 2. The molecule has 8 atom stereocenters. The number of piperazine rings is 1. The number of fused-ring (bicyclic) bond motifs is 5. The number of aromatic nitrogens is 4. The van der Waals surface area contributed by atoms with Crippen molar-refractivity contribution in [3.63, 3.8) is 0 Å². The van der Waals surface area contributed by atoms with E-state index < -0.39 is 119 Å². The largest absolute Gasteiger partial charge is 0.480 e. The van der Waals surface area contributed by atoms with Crippen LogP contribution < -0.4 is 64.9 Å². The number of allylic oxidation sites excluding steroid dienone is 2. The van der Waals surface area contributed by atoms with E-state index in [1.807, 2.05) is 18.7 Å². The fourth-order valence-electron chi connectivity index (χ4n) is 10.9. The number of guanidine groups is 1. The number of hydrogen-bond donors (Lipinski definition) is 15. The number of anilines is 2. The Morgan fingerprint density at radius 1 is 0.923 bits per heavy atom. The second-order valence-corrected chi connectivity index (χ2v) is 26.0. The first kappa shape index (κ1) is 69.7. The molecule has 1 unspecified atom stereocenters. The summed E-state index contributed by atoms with van der Waals surface area (Å²) in [4.78, 5) is 162. The molecule has 5 heterocycles. The van der Waals surface area contributed by atoms with Crippen LogP contribution in [0.4, 0.5) is 11.6 Å². The van der Waals surface area contributed by atoms with Gasteiger partial charge in [-0.05, 0) is 91.5 Å². The molecular formula is C57H77N17O15S2. The van der Waals surface area contributed by atoms with Crippen LogP contribution in [0.25, 0.3) is 11.2 Å². The van der Waals surface area contributed by atoms with Gasteiger partial charge in [-0.15, -0.1) is 0 Å². The second-order valence-electron chi connectivity index (χ2n) is 23.4. The molecule has 4 amide bonds. The van der Waals surface area contributed by atoms with Crippen LogP contribution in [0, 0.1) is 11.3 Å². The van der Waals surface area contributed by atoms with Gasteiger partial charge in [0.1, 0.15) is 31.3 Å². The van der Waals surface area contributed by atoms with E-state index in [2.05, 4.69) is 67.8 Å². The molecule has 34 heteroatoms. The van der Waals surface area contributed by atoms with E-state index in [-0.39, 0.29) is 114 Å². The zero-order chi connectivity index (χ0) is 66.9. The summed E-state index contributed by atoms with van der Waals surface area (Å²) in [5.74, 6) is -8.71. The molecule has 17 N–H and O–H groups in total. The third-order valence-electron chi connectivity index (χ3n) is 15.8. The van der Waals surface area contributed by atoms with Gasteiger partial charge in [0.05, 0.1) is 53.4 Å².